The van der Waals surface area contributed by atoms with Gasteiger partial charge in [0.25, 0.3) is 0 Å². The van der Waals surface area contributed by atoms with E-state index in [1.807, 2.05) is 18.2 Å². The van der Waals surface area contributed by atoms with Crippen LogP contribution in [-0.2, 0) is 13.1 Å². The molecule has 1 heterocycles. The number of benzene rings is 1. The lowest BCUT2D eigenvalue weighted by atomic mass is 10.1. The molecule has 0 amide bonds. The second kappa shape index (κ2) is 1.85. The molecule has 0 radical (unpaired) electrons. The van der Waals surface area contributed by atoms with Crippen LogP contribution < -0.4 is 5.32 Å². The van der Waals surface area contributed by atoms with Crippen LogP contribution in [0.25, 0.3) is 0 Å². The molecular weight excluding hydrogens is 110 g/mol. The van der Waals surface area contributed by atoms with Crippen molar-refractivity contribution in [1.29, 1.82) is 0 Å². The van der Waals surface area contributed by atoms with E-state index in [0.29, 0.717) is 0 Å². The van der Waals surface area contributed by atoms with Gasteiger partial charge in [-0.3, -0.25) is 0 Å². The van der Waals surface area contributed by atoms with E-state index in [2.05, 4.69) is 11.4 Å². The van der Waals surface area contributed by atoms with Gasteiger partial charge in [-0.2, -0.15) is 0 Å². The van der Waals surface area contributed by atoms with Gasteiger partial charge < -0.3 is 5.32 Å². The molecule has 1 unspecified atom stereocenters. The van der Waals surface area contributed by atoms with Crippen molar-refractivity contribution in [1.82, 2.24) is 5.32 Å². The van der Waals surface area contributed by atoms with Crippen LogP contribution in [0.4, 0.5) is 0 Å². The average Bonchev–Trinajstić information content (AvgIpc) is 2.34. The maximum atomic E-state index is 7.50. The number of hydrogen-bond donors (Lipinski definition) is 1. The van der Waals surface area contributed by atoms with Gasteiger partial charge >= 0.3 is 0 Å². The summed E-state index contributed by atoms with van der Waals surface area (Å²) in [6.07, 6.45) is 0. The third-order valence-electron chi connectivity index (χ3n) is 1.61. The number of rotatable bonds is 0. The Labute approximate surface area is 56.1 Å². The Morgan fingerprint density at radius 2 is 2.11 bits per heavy atom. The Morgan fingerprint density at radius 1 is 1.33 bits per heavy atom. The topological polar surface area (TPSA) is 12.0 Å². The van der Waals surface area contributed by atoms with Gasteiger partial charge in [0.15, 0.2) is 0 Å². The summed E-state index contributed by atoms with van der Waals surface area (Å²) in [5.74, 6) is 0. The molecule has 1 aliphatic rings. The molecule has 0 saturated heterocycles. The SMILES string of the molecule is [2H]C1NCc2ccccc21. The molecule has 1 aromatic rings. The summed E-state index contributed by atoms with van der Waals surface area (Å²) in [5, 5.41) is 3.05. The fraction of sp³-hybridized carbons (Fsp3) is 0.250. The van der Waals surface area contributed by atoms with E-state index in [1.54, 1.807) is 0 Å². The standard InChI is InChI=1S/C8H9N/c1-2-4-8-6-9-5-7(8)3-1/h1-4,9H,5-6H2/i5D. The molecule has 0 aliphatic carbocycles. The zero-order valence-corrected chi connectivity index (χ0v) is 5.09. The molecule has 9 heavy (non-hydrogen) atoms. The molecule has 0 fully saturated rings. The van der Waals surface area contributed by atoms with Crippen LogP contribution >= 0.6 is 0 Å². The molecule has 1 aromatic carbocycles. The van der Waals surface area contributed by atoms with Crippen LogP contribution in [0.2, 0.25) is 0 Å². The summed E-state index contributed by atoms with van der Waals surface area (Å²) >= 11 is 0. The van der Waals surface area contributed by atoms with Gasteiger partial charge in [0, 0.05) is 14.4 Å². The molecule has 0 aromatic heterocycles. The highest BCUT2D eigenvalue weighted by Gasteiger charge is 2.06. The molecule has 1 nitrogen and oxygen atoms in total. The fourth-order valence-electron chi connectivity index (χ4n) is 1.11. The normalized spacial score (nSPS) is 25.3. The fourth-order valence-corrected chi connectivity index (χ4v) is 1.11. The molecule has 1 atom stereocenters. The Bertz CT molecular complexity index is 247. The van der Waals surface area contributed by atoms with Gasteiger partial charge in [0.2, 0.25) is 0 Å². The lowest BCUT2D eigenvalue weighted by molar-refractivity contribution is 0.765. The lowest BCUT2D eigenvalue weighted by Gasteiger charge is -1.91. The van der Waals surface area contributed by atoms with E-state index in [0.717, 1.165) is 12.1 Å². The predicted molar refractivity (Wildman–Crippen MR) is 37.0 cm³/mol. The largest absolute Gasteiger partial charge is 0.309 e. The first-order valence-corrected chi connectivity index (χ1v) is 3.11. The second-order valence-electron chi connectivity index (χ2n) is 2.22. The third-order valence-corrected chi connectivity index (χ3v) is 1.61. The number of hydrogen-bond acceptors (Lipinski definition) is 1. The molecule has 1 N–H and O–H groups in total. The van der Waals surface area contributed by atoms with Crippen molar-refractivity contribution in [2.45, 2.75) is 13.1 Å². The average molecular weight is 120 g/mol. The minimum absolute atomic E-state index is 0.198. The first kappa shape index (κ1) is 4.07. The van der Waals surface area contributed by atoms with Gasteiger partial charge in [0.1, 0.15) is 0 Å². The van der Waals surface area contributed by atoms with E-state index < -0.39 is 0 Å². The van der Waals surface area contributed by atoms with Crippen molar-refractivity contribution >= 4 is 0 Å². The number of fused-ring (bicyclic) bond motifs is 1. The van der Waals surface area contributed by atoms with Crippen molar-refractivity contribution in [3.63, 3.8) is 0 Å². The van der Waals surface area contributed by atoms with Crippen LogP contribution in [0, 0.1) is 0 Å². The quantitative estimate of drug-likeness (QED) is 0.544. The minimum Gasteiger partial charge on any atom is -0.309 e. The zero-order chi connectivity index (χ0) is 6.97. The van der Waals surface area contributed by atoms with Crippen molar-refractivity contribution in [3.05, 3.63) is 35.4 Å². The molecule has 46 valence electrons. The van der Waals surface area contributed by atoms with Crippen LogP contribution in [0.1, 0.15) is 12.5 Å². The highest BCUT2D eigenvalue weighted by molar-refractivity contribution is 5.29. The van der Waals surface area contributed by atoms with Crippen LogP contribution in [0.3, 0.4) is 0 Å². The maximum Gasteiger partial charge on any atom is 0.0479 e. The van der Waals surface area contributed by atoms with Gasteiger partial charge in [-0.05, 0) is 11.1 Å². The van der Waals surface area contributed by atoms with Crippen molar-refractivity contribution in [2.75, 3.05) is 0 Å². The lowest BCUT2D eigenvalue weighted by Crippen LogP contribution is -1.99. The Balaban J connectivity index is 2.51. The third kappa shape index (κ3) is 0.736. The summed E-state index contributed by atoms with van der Waals surface area (Å²) < 4.78 is 7.50. The van der Waals surface area contributed by atoms with Gasteiger partial charge in [0.05, 0.1) is 0 Å². The monoisotopic (exact) mass is 120 g/mol. The molecule has 0 spiro atoms. The van der Waals surface area contributed by atoms with Crippen molar-refractivity contribution in [2.24, 2.45) is 0 Å². The summed E-state index contributed by atoms with van der Waals surface area (Å²) in [6, 6.07) is 8.07. The minimum atomic E-state index is -0.198. The Morgan fingerprint density at radius 3 is 2.89 bits per heavy atom. The molecular formula is C8H9N. The van der Waals surface area contributed by atoms with E-state index in [9.17, 15) is 0 Å². The zero-order valence-electron chi connectivity index (χ0n) is 6.09. The predicted octanol–water partition coefficient (Wildman–Crippen LogP) is 1.29. The summed E-state index contributed by atoms with van der Waals surface area (Å²) in [5.41, 5.74) is 2.39. The Kier molecular flexibility index (Phi) is 0.836. The summed E-state index contributed by atoms with van der Waals surface area (Å²) in [4.78, 5) is 0. The molecule has 1 heteroatoms. The second-order valence-corrected chi connectivity index (χ2v) is 2.22. The van der Waals surface area contributed by atoms with E-state index >= 15 is 0 Å². The Hall–Kier alpha value is -0.820. The van der Waals surface area contributed by atoms with Crippen molar-refractivity contribution in [3.8, 4) is 0 Å². The molecule has 0 saturated carbocycles. The molecule has 0 bridgehead atoms. The first-order chi connectivity index (χ1) is 4.88. The number of nitrogens with one attached hydrogen (secondary N) is 1. The van der Waals surface area contributed by atoms with Gasteiger partial charge in [-0.25, -0.2) is 0 Å². The highest BCUT2D eigenvalue weighted by atomic mass is 14.9. The smallest absolute Gasteiger partial charge is 0.0479 e. The van der Waals surface area contributed by atoms with Crippen LogP contribution in [-0.4, -0.2) is 0 Å². The van der Waals surface area contributed by atoms with E-state index in [1.165, 1.54) is 5.56 Å². The molecule has 2 rings (SSSR count). The van der Waals surface area contributed by atoms with Gasteiger partial charge in [-0.15, -0.1) is 0 Å². The molecule has 1 aliphatic heterocycles. The van der Waals surface area contributed by atoms with Crippen LogP contribution in [0.5, 0.6) is 0 Å². The summed E-state index contributed by atoms with van der Waals surface area (Å²) in [6.45, 7) is 0.654. The van der Waals surface area contributed by atoms with Gasteiger partial charge in [-0.1, -0.05) is 24.3 Å². The maximum absolute atomic E-state index is 7.50. The van der Waals surface area contributed by atoms with E-state index in [4.69, 9.17) is 1.37 Å². The highest BCUT2D eigenvalue weighted by Crippen LogP contribution is 2.12. The van der Waals surface area contributed by atoms with E-state index in [-0.39, 0.29) is 6.52 Å². The van der Waals surface area contributed by atoms with Crippen molar-refractivity contribution < 1.29 is 1.37 Å². The first-order valence-electron chi connectivity index (χ1n) is 3.69. The summed E-state index contributed by atoms with van der Waals surface area (Å²) in [7, 11) is 0. The van der Waals surface area contributed by atoms with Crippen LogP contribution in [0.15, 0.2) is 24.3 Å².